The second-order valence-corrected chi connectivity index (χ2v) is 6.51. The van der Waals surface area contributed by atoms with Gasteiger partial charge in [0.05, 0.1) is 0 Å². The average molecular weight is 269 g/mol. The Labute approximate surface area is 120 Å². The highest BCUT2D eigenvalue weighted by Crippen LogP contribution is 2.49. The second-order valence-electron chi connectivity index (χ2n) is 6.51. The molecule has 0 aromatic carbocycles. The highest BCUT2D eigenvalue weighted by atomic mass is 16.6. The first-order valence-corrected chi connectivity index (χ1v) is 8.57. The topological polar surface area (TPSA) is 38.5 Å². The van der Waals surface area contributed by atoms with Crippen LogP contribution in [-0.4, -0.2) is 11.3 Å². The van der Waals surface area contributed by atoms with E-state index in [2.05, 4.69) is 20.8 Å². The Bertz CT molecular complexity index is 243. The van der Waals surface area contributed by atoms with Gasteiger partial charge in [0.1, 0.15) is 11.3 Å². The third-order valence-corrected chi connectivity index (χ3v) is 4.79. The molecule has 1 aliphatic rings. The normalized spacial score (nSPS) is 29.7. The maximum absolute atomic E-state index is 6.12. The SMILES string of the molecule is CCCCCCCCCCCCC1(C)OC1(N)CC. The van der Waals surface area contributed by atoms with Gasteiger partial charge in [-0.05, 0) is 19.8 Å². The lowest BCUT2D eigenvalue weighted by Gasteiger charge is -2.10. The summed E-state index contributed by atoms with van der Waals surface area (Å²) in [4.78, 5) is 0. The largest absolute Gasteiger partial charge is 0.347 e. The fourth-order valence-electron chi connectivity index (χ4n) is 3.03. The van der Waals surface area contributed by atoms with Gasteiger partial charge in [-0.1, -0.05) is 78.1 Å². The van der Waals surface area contributed by atoms with Gasteiger partial charge in [0.2, 0.25) is 0 Å². The number of hydrogen-bond acceptors (Lipinski definition) is 2. The van der Waals surface area contributed by atoms with Crippen molar-refractivity contribution >= 4 is 0 Å². The van der Waals surface area contributed by atoms with Crippen LogP contribution in [0.2, 0.25) is 0 Å². The Kier molecular flexibility index (Phi) is 7.38. The summed E-state index contributed by atoms with van der Waals surface area (Å²) in [6.45, 7) is 6.56. The third-order valence-electron chi connectivity index (χ3n) is 4.79. The zero-order valence-electron chi connectivity index (χ0n) is 13.5. The summed E-state index contributed by atoms with van der Waals surface area (Å²) in [5, 5.41) is 0. The van der Waals surface area contributed by atoms with E-state index in [1.165, 1.54) is 64.2 Å². The van der Waals surface area contributed by atoms with E-state index >= 15 is 0 Å². The number of nitrogens with two attached hydrogens (primary N) is 1. The van der Waals surface area contributed by atoms with Crippen LogP contribution in [0.1, 0.15) is 97.8 Å². The van der Waals surface area contributed by atoms with Crippen LogP contribution in [0.3, 0.4) is 0 Å². The van der Waals surface area contributed by atoms with Crippen LogP contribution < -0.4 is 5.73 Å². The van der Waals surface area contributed by atoms with Crippen molar-refractivity contribution < 1.29 is 4.74 Å². The van der Waals surface area contributed by atoms with Crippen molar-refractivity contribution in [3.63, 3.8) is 0 Å². The van der Waals surface area contributed by atoms with Gasteiger partial charge in [-0.2, -0.15) is 0 Å². The Morgan fingerprint density at radius 2 is 1.26 bits per heavy atom. The summed E-state index contributed by atoms with van der Waals surface area (Å²) in [7, 11) is 0. The summed E-state index contributed by atoms with van der Waals surface area (Å²) < 4.78 is 5.70. The molecule has 0 saturated carbocycles. The molecule has 0 aromatic heterocycles. The molecule has 2 heteroatoms. The molecule has 0 radical (unpaired) electrons. The summed E-state index contributed by atoms with van der Waals surface area (Å²) in [6, 6.07) is 0. The highest BCUT2D eigenvalue weighted by Gasteiger charge is 2.62. The number of hydrogen-bond donors (Lipinski definition) is 1. The predicted molar refractivity (Wildman–Crippen MR) is 83.2 cm³/mol. The minimum atomic E-state index is -0.313. The van der Waals surface area contributed by atoms with Crippen LogP contribution >= 0.6 is 0 Å². The zero-order valence-corrected chi connectivity index (χ0v) is 13.5. The molecule has 1 heterocycles. The molecule has 0 aromatic rings. The van der Waals surface area contributed by atoms with Crippen molar-refractivity contribution in [2.24, 2.45) is 5.73 Å². The number of unbranched alkanes of at least 4 members (excludes halogenated alkanes) is 9. The molecule has 0 amide bonds. The lowest BCUT2D eigenvalue weighted by molar-refractivity contribution is 0.258. The van der Waals surface area contributed by atoms with E-state index in [4.69, 9.17) is 10.5 Å². The Morgan fingerprint density at radius 1 is 0.789 bits per heavy atom. The molecule has 0 aliphatic carbocycles. The van der Waals surface area contributed by atoms with E-state index in [1.54, 1.807) is 0 Å². The summed E-state index contributed by atoms with van der Waals surface area (Å²) in [5.41, 5.74) is 5.78. The van der Waals surface area contributed by atoms with Crippen molar-refractivity contribution in [1.29, 1.82) is 0 Å². The molecule has 2 unspecified atom stereocenters. The maximum Gasteiger partial charge on any atom is 0.146 e. The fourth-order valence-corrected chi connectivity index (χ4v) is 3.03. The van der Waals surface area contributed by atoms with E-state index in [0.29, 0.717) is 0 Å². The first kappa shape index (κ1) is 17.0. The van der Waals surface area contributed by atoms with Gasteiger partial charge < -0.3 is 10.5 Å². The first-order valence-electron chi connectivity index (χ1n) is 8.57. The van der Waals surface area contributed by atoms with Crippen LogP contribution in [0.5, 0.6) is 0 Å². The van der Waals surface area contributed by atoms with Crippen LogP contribution in [0.4, 0.5) is 0 Å². The lowest BCUT2D eigenvalue weighted by Crippen LogP contribution is -2.32. The standard InChI is InChI=1S/C17H35NO/c1-4-6-7-8-9-10-11-12-13-14-15-16(3)17(18,5-2)19-16/h4-15,18H2,1-3H3. The molecular formula is C17H35NO. The molecule has 2 N–H and O–H groups in total. The molecule has 19 heavy (non-hydrogen) atoms. The van der Waals surface area contributed by atoms with E-state index in [9.17, 15) is 0 Å². The molecule has 1 aliphatic heterocycles. The molecule has 1 rings (SSSR count). The molecule has 1 saturated heterocycles. The van der Waals surface area contributed by atoms with E-state index < -0.39 is 0 Å². The predicted octanol–water partition coefficient (Wildman–Crippen LogP) is 5.15. The molecule has 1 fully saturated rings. The van der Waals surface area contributed by atoms with Crippen molar-refractivity contribution in [2.45, 2.75) is 109 Å². The highest BCUT2D eigenvalue weighted by molar-refractivity contribution is 5.08. The Balaban J connectivity index is 1.85. The number of ether oxygens (including phenoxy) is 1. The average Bonchev–Trinajstić information content (AvgIpc) is 2.95. The van der Waals surface area contributed by atoms with Gasteiger partial charge >= 0.3 is 0 Å². The van der Waals surface area contributed by atoms with Crippen LogP contribution in [-0.2, 0) is 4.74 Å². The Morgan fingerprint density at radius 3 is 1.68 bits per heavy atom. The Hall–Kier alpha value is -0.0800. The van der Waals surface area contributed by atoms with Gasteiger partial charge in [-0.3, -0.25) is 0 Å². The van der Waals surface area contributed by atoms with Crippen molar-refractivity contribution in [2.75, 3.05) is 0 Å². The smallest absolute Gasteiger partial charge is 0.146 e. The molecule has 2 atom stereocenters. The van der Waals surface area contributed by atoms with Crippen molar-refractivity contribution in [3.05, 3.63) is 0 Å². The summed E-state index contributed by atoms with van der Waals surface area (Å²) in [6.07, 6.45) is 16.0. The summed E-state index contributed by atoms with van der Waals surface area (Å²) >= 11 is 0. The molecule has 0 bridgehead atoms. The van der Waals surface area contributed by atoms with Gasteiger partial charge in [0.15, 0.2) is 0 Å². The number of epoxide rings is 1. The minimum absolute atomic E-state index is 0.0259. The quantitative estimate of drug-likeness (QED) is 0.393. The second kappa shape index (κ2) is 8.26. The van der Waals surface area contributed by atoms with Crippen molar-refractivity contribution in [1.82, 2.24) is 0 Å². The fraction of sp³-hybridized carbons (Fsp3) is 1.00. The number of rotatable bonds is 12. The molecular weight excluding hydrogens is 234 g/mol. The van der Waals surface area contributed by atoms with E-state index in [-0.39, 0.29) is 11.3 Å². The summed E-state index contributed by atoms with van der Waals surface area (Å²) in [5.74, 6) is 0. The van der Waals surface area contributed by atoms with Gasteiger partial charge in [0, 0.05) is 0 Å². The van der Waals surface area contributed by atoms with Gasteiger partial charge in [0.25, 0.3) is 0 Å². The molecule has 114 valence electrons. The third kappa shape index (κ3) is 5.43. The first-order chi connectivity index (χ1) is 9.08. The van der Waals surface area contributed by atoms with E-state index in [1.807, 2.05) is 0 Å². The van der Waals surface area contributed by atoms with Crippen LogP contribution in [0.25, 0.3) is 0 Å². The van der Waals surface area contributed by atoms with Gasteiger partial charge in [-0.15, -0.1) is 0 Å². The lowest BCUT2D eigenvalue weighted by atomic mass is 9.94. The maximum atomic E-state index is 6.12. The zero-order chi connectivity index (χ0) is 14.2. The monoisotopic (exact) mass is 269 g/mol. The molecule has 0 spiro atoms. The van der Waals surface area contributed by atoms with E-state index in [0.717, 1.165) is 12.8 Å². The van der Waals surface area contributed by atoms with Gasteiger partial charge in [-0.25, -0.2) is 0 Å². The molecule has 2 nitrogen and oxygen atoms in total. The van der Waals surface area contributed by atoms with Crippen LogP contribution in [0, 0.1) is 0 Å². The van der Waals surface area contributed by atoms with Crippen molar-refractivity contribution in [3.8, 4) is 0 Å². The minimum Gasteiger partial charge on any atom is -0.347 e. The van der Waals surface area contributed by atoms with Crippen LogP contribution in [0.15, 0.2) is 0 Å².